The summed E-state index contributed by atoms with van der Waals surface area (Å²) in [5.41, 5.74) is -0.330. The van der Waals surface area contributed by atoms with Crippen LogP contribution in [-0.4, -0.2) is 61.7 Å². The third kappa shape index (κ3) is 4.73. The Morgan fingerprint density at radius 3 is 2.75 bits per heavy atom. The molecule has 0 aliphatic carbocycles. The van der Waals surface area contributed by atoms with E-state index < -0.39 is 0 Å². The van der Waals surface area contributed by atoms with Crippen molar-refractivity contribution in [1.82, 2.24) is 15.1 Å². The molecule has 0 amide bonds. The fourth-order valence-corrected chi connectivity index (χ4v) is 3.29. The Labute approximate surface area is 125 Å². The van der Waals surface area contributed by atoms with Crippen LogP contribution in [0.25, 0.3) is 0 Å². The number of hydrogen-bond acceptors (Lipinski definition) is 4. The molecule has 0 saturated carbocycles. The molecule has 0 aromatic rings. The molecule has 2 unspecified atom stereocenters. The smallest absolute Gasteiger partial charge is 0.106 e. The molecule has 1 N–H and O–H groups in total. The van der Waals surface area contributed by atoms with Gasteiger partial charge in [0.05, 0.1) is 6.07 Å². The Bertz CT molecular complexity index is 306. The third-order valence-electron chi connectivity index (χ3n) is 4.87. The molecule has 116 valence electrons. The SMILES string of the molecule is CCN1CCCC1CN(C)CCCC(C#N)(CC)NC. The second-order valence-corrected chi connectivity index (χ2v) is 6.09. The summed E-state index contributed by atoms with van der Waals surface area (Å²) >= 11 is 0. The predicted octanol–water partition coefficient (Wildman–Crippen LogP) is 2.07. The molecule has 0 bridgehead atoms. The molecule has 1 heterocycles. The zero-order chi connectivity index (χ0) is 15.0. The Balaban J connectivity index is 2.29. The minimum atomic E-state index is -0.330. The van der Waals surface area contributed by atoms with Crippen molar-refractivity contribution >= 4 is 0 Å². The standard InChI is InChI=1S/C16H32N4/c1-5-16(14-17,18-3)10-8-11-19(4)13-15-9-7-12-20(15)6-2/h15,18H,5-13H2,1-4H3. The van der Waals surface area contributed by atoms with E-state index in [2.05, 4.69) is 42.1 Å². The number of hydrogen-bond donors (Lipinski definition) is 1. The second kappa shape index (κ2) is 8.61. The highest BCUT2D eigenvalue weighted by molar-refractivity contribution is 5.05. The lowest BCUT2D eigenvalue weighted by Crippen LogP contribution is -2.42. The molecule has 0 spiro atoms. The summed E-state index contributed by atoms with van der Waals surface area (Å²) in [6.07, 6.45) is 5.57. The summed E-state index contributed by atoms with van der Waals surface area (Å²) in [5.74, 6) is 0. The Kier molecular flexibility index (Phi) is 7.50. The number of nitriles is 1. The van der Waals surface area contributed by atoms with Crippen LogP contribution in [0, 0.1) is 11.3 Å². The van der Waals surface area contributed by atoms with E-state index in [0.717, 1.165) is 31.8 Å². The first kappa shape index (κ1) is 17.4. The van der Waals surface area contributed by atoms with Gasteiger partial charge in [0.25, 0.3) is 0 Å². The topological polar surface area (TPSA) is 42.3 Å². The van der Waals surface area contributed by atoms with Crippen molar-refractivity contribution in [3.05, 3.63) is 0 Å². The number of likely N-dealkylation sites (tertiary alicyclic amines) is 1. The van der Waals surface area contributed by atoms with Crippen LogP contribution in [0.15, 0.2) is 0 Å². The summed E-state index contributed by atoms with van der Waals surface area (Å²) in [4.78, 5) is 5.03. The van der Waals surface area contributed by atoms with E-state index in [1.54, 1.807) is 0 Å². The fourth-order valence-electron chi connectivity index (χ4n) is 3.29. The summed E-state index contributed by atoms with van der Waals surface area (Å²) in [6, 6.07) is 3.18. The van der Waals surface area contributed by atoms with Gasteiger partial charge in [0.2, 0.25) is 0 Å². The molecular formula is C16H32N4. The highest BCUT2D eigenvalue weighted by Crippen LogP contribution is 2.19. The molecular weight excluding hydrogens is 248 g/mol. The molecule has 4 nitrogen and oxygen atoms in total. The molecule has 0 aromatic carbocycles. The molecule has 20 heavy (non-hydrogen) atoms. The molecule has 1 aliphatic heterocycles. The van der Waals surface area contributed by atoms with Gasteiger partial charge in [-0.05, 0) is 65.8 Å². The van der Waals surface area contributed by atoms with E-state index in [4.69, 9.17) is 0 Å². The first-order valence-electron chi connectivity index (χ1n) is 8.13. The zero-order valence-electron chi connectivity index (χ0n) is 13.8. The highest BCUT2D eigenvalue weighted by atomic mass is 15.2. The van der Waals surface area contributed by atoms with Crippen LogP contribution in [0.4, 0.5) is 0 Å². The van der Waals surface area contributed by atoms with E-state index >= 15 is 0 Å². The van der Waals surface area contributed by atoms with Gasteiger partial charge in [-0.2, -0.15) is 5.26 Å². The van der Waals surface area contributed by atoms with Gasteiger partial charge in [-0.25, -0.2) is 0 Å². The van der Waals surface area contributed by atoms with Crippen molar-refractivity contribution in [3.8, 4) is 6.07 Å². The summed E-state index contributed by atoms with van der Waals surface area (Å²) in [7, 11) is 4.11. The third-order valence-corrected chi connectivity index (χ3v) is 4.87. The average Bonchev–Trinajstić information content (AvgIpc) is 2.91. The zero-order valence-corrected chi connectivity index (χ0v) is 13.8. The quantitative estimate of drug-likeness (QED) is 0.702. The maximum absolute atomic E-state index is 9.31. The van der Waals surface area contributed by atoms with Crippen LogP contribution >= 0.6 is 0 Å². The van der Waals surface area contributed by atoms with Crippen LogP contribution in [0.3, 0.4) is 0 Å². The maximum Gasteiger partial charge on any atom is 0.106 e. The van der Waals surface area contributed by atoms with Gasteiger partial charge in [0.15, 0.2) is 0 Å². The number of nitrogens with zero attached hydrogens (tertiary/aromatic N) is 3. The van der Waals surface area contributed by atoms with E-state index in [1.165, 1.54) is 32.5 Å². The van der Waals surface area contributed by atoms with Crippen molar-refractivity contribution in [2.24, 2.45) is 0 Å². The predicted molar refractivity (Wildman–Crippen MR) is 84.7 cm³/mol. The van der Waals surface area contributed by atoms with Crippen molar-refractivity contribution in [2.45, 2.75) is 57.5 Å². The van der Waals surface area contributed by atoms with Crippen LogP contribution in [0.5, 0.6) is 0 Å². The average molecular weight is 280 g/mol. The minimum absolute atomic E-state index is 0.330. The van der Waals surface area contributed by atoms with Crippen LogP contribution < -0.4 is 5.32 Å². The Morgan fingerprint density at radius 1 is 1.45 bits per heavy atom. The molecule has 1 aliphatic rings. The van der Waals surface area contributed by atoms with Crippen molar-refractivity contribution in [2.75, 3.05) is 40.3 Å². The number of rotatable bonds is 9. The lowest BCUT2D eigenvalue weighted by Gasteiger charge is -2.29. The van der Waals surface area contributed by atoms with Gasteiger partial charge in [-0.3, -0.25) is 4.90 Å². The molecule has 2 atom stereocenters. The Hall–Kier alpha value is -0.630. The van der Waals surface area contributed by atoms with Gasteiger partial charge in [-0.15, -0.1) is 0 Å². The summed E-state index contributed by atoms with van der Waals surface area (Å²) in [6.45, 7) is 9.03. The maximum atomic E-state index is 9.31. The van der Waals surface area contributed by atoms with E-state index in [9.17, 15) is 5.26 Å². The first-order chi connectivity index (χ1) is 9.60. The van der Waals surface area contributed by atoms with Crippen molar-refractivity contribution in [1.29, 1.82) is 5.26 Å². The van der Waals surface area contributed by atoms with Gasteiger partial charge in [-0.1, -0.05) is 13.8 Å². The normalized spacial score (nSPS) is 22.9. The molecule has 4 heteroatoms. The van der Waals surface area contributed by atoms with Gasteiger partial charge < -0.3 is 10.2 Å². The van der Waals surface area contributed by atoms with Crippen LogP contribution in [-0.2, 0) is 0 Å². The van der Waals surface area contributed by atoms with Crippen LogP contribution in [0.1, 0.15) is 46.0 Å². The molecule has 1 fully saturated rings. The van der Waals surface area contributed by atoms with Gasteiger partial charge in [0, 0.05) is 12.6 Å². The molecule has 1 saturated heterocycles. The summed E-state index contributed by atoms with van der Waals surface area (Å²) in [5, 5.41) is 12.5. The monoisotopic (exact) mass is 280 g/mol. The first-order valence-corrected chi connectivity index (χ1v) is 8.13. The fraction of sp³-hybridized carbons (Fsp3) is 0.938. The van der Waals surface area contributed by atoms with E-state index in [-0.39, 0.29) is 5.54 Å². The molecule has 1 rings (SSSR count). The largest absolute Gasteiger partial charge is 0.305 e. The minimum Gasteiger partial charge on any atom is -0.305 e. The highest BCUT2D eigenvalue weighted by Gasteiger charge is 2.26. The van der Waals surface area contributed by atoms with Crippen molar-refractivity contribution in [3.63, 3.8) is 0 Å². The van der Waals surface area contributed by atoms with Gasteiger partial charge >= 0.3 is 0 Å². The number of nitrogens with one attached hydrogen (secondary N) is 1. The van der Waals surface area contributed by atoms with E-state index in [0.29, 0.717) is 0 Å². The van der Waals surface area contributed by atoms with Crippen molar-refractivity contribution < 1.29 is 0 Å². The lowest BCUT2D eigenvalue weighted by atomic mass is 9.92. The Morgan fingerprint density at radius 2 is 2.20 bits per heavy atom. The molecule has 0 radical (unpaired) electrons. The van der Waals surface area contributed by atoms with E-state index in [1.807, 2.05) is 7.05 Å². The molecule has 0 aromatic heterocycles. The number of likely N-dealkylation sites (N-methyl/N-ethyl adjacent to an activating group) is 2. The van der Waals surface area contributed by atoms with Crippen LogP contribution in [0.2, 0.25) is 0 Å². The second-order valence-electron chi connectivity index (χ2n) is 6.09. The lowest BCUT2D eigenvalue weighted by molar-refractivity contribution is 0.194. The van der Waals surface area contributed by atoms with Gasteiger partial charge in [0.1, 0.15) is 5.54 Å². The summed E-state index contributed by atoms with van der Waals surface area (Å²) < 4.78 is 0.